The third kappa shape index (κ3) is 4.91. The van der Waals surface area contributed by atoms with Crippen LogP contribution in [0.5, 0.6) is 0 Å². The summed E-state index contributed by atoms with van der Waals surface area (Å²) in [5.74, 6) is 0. The summed E-state index contributed by atoms with van der Waals surface area (Å²) in [6, 6.07) is 0. The first kappa shape index (κ1) is 13.8. The molecule has 0 aliphatic heterocycles. The van der Waals surface area contributed by atoms with Gasteiger partial charge >= 0.3 is 0 Å². The van der Waals surface area contributed by atoms with E-state index in [0.717, 1.165) is 19.5 Å². The number of aliphatic hydroxyl groups excluding tert-OH is 3. The molecule has 0 spiro atoms. The Hall–Kier alpha value is -0.160. The molecule has 14 heavy (non-hydrogen) atoms. The Labute approximate surface area is 86.2 Å². The van der Waals surface area contributed by atoms with Gasteiger partial charge in [-0.3, -0.25) is 0 Å². The van der Waals surface area contributed by atoms with E-state index in [0.29, 0.717) is 6.54 Å². The molecule has 0 aromatic heterocycles. The van der Waals surface area contributed by atoms with Gasteiger partial charge in [0.15, 0.2) is 0 Å². The standard InChI is InChI=1S/C10H23NO3/c1-3-11(5-4-6-12)7-10(2,8-13)9-14/h12-14H,3-9H2,1-2H3. The zero-order valence-electron chi connectivity index (χ0n) is 9.24. The van der Waals surface area contributed by atoms with Crippen LogP contribution in [-0.2, 0) is 0 Å². The fourth-order valence-corrected chi connectivity index (χ4v) is 1.33. The van der Waals surface area contributed by atoms with Crippen molar-refractivity contribution in [1.82, 2.24) is 4.90 Å². The van der Waals surface area contributed by atoms with Gasteiger partial charge in [-0.1, -0.05) is 13.8 Å². The van der Waals surface area contributed by atoms with E-state index >= 15 is 0 Å². The molecule has 0 amide bonds. The molecule has 0 saturated carbocycles. The molecule has 0 fully saturated rings. The highest BCUT2D eigenvalue weighted by molar-refractivity contribution is 4.76. The summed E-state index contributed by atoms with van der Waals surface area (Å²) in [6.45, 7) is 6.39. The summed E-state index contributed by atoms with van der Waals surface area (Å²) in [4.78, 5) is 2.13. The quantitative estimate of drug-likeness (QED) is 0.508. The van der Waals surface area contributed by atoms with Gasteiger partial charge in [0.05, 0.1) is 13.2 Å². The molecule has 0 aliphatic rings. The average Bonchev–Trinajstić information content (AvgIpc) is 2.23. The third-order valence-corrected chi connectivity index (χ3v) is 2.45. The lowest BCUT2D eigenvalue weighted by Crippen LogP contribution is -2.41. The molecule has 0 unspecified atom stereocenters. The number of nitrogens with zero attached hydrogens (tertiary/aromatic N) is 1. The van der Waals surface area contributed by atoms with Crippen molar-refractivity contribution in [3.05, 3.63) is 0 Å². The Bertz CT molecular complexity index is 137. The summed E-state index contributed by atoms with van der Waals surface area (Å²) in [6.07, 6.45) is 0.737. The van der Waals surface area contributed by atoms with Crippen molar-refractivity contribution in [2.45, 2.75) is 20.3 Å². The maximum atomic E-state index is 9.12. The van der Waals surface area contributed by atoms with Crippen molar-refractivity contribution in [3.63, 3.8) is 0 Å². The highest BCUT2D eigenvalue weighted by Crippen LogP contribution is 2.16. The van der Waals surface area contributed by atoms with Gasteiger partial charge in [0.2, 0.25) is 0 Å². The van der Waals surface area contributed by atoms with Crippen LogP contribution in [0.25, 0.3) is 0 Å². The monoisotopic (exact) mass is 205 g/mol. The summed E-state index contributed by atoms with van der Waals surface area (Å²) in [5.41, 5.74) is -0.439. The molecule has 0 heterocycles. The van der Waals surface area contributed by atoms with Crippen molar-refractivity contribution in [2.24, 2.45) is 5.41 Å². The molecule has 4 nitrogen and oxygen atoms in total. The van der Waals surface area contributed by atoms with E-state index in [-0.39, 0.29) is 19.8 Å². The zero-order chi connectivity index (χ0) is 11.0. The lowest BCUT2D eigenvalue weighted by atomic mass is 9.92. The number of aliphatic hydroxyl groups is 3. The average molecular weight is 205 g/mol. The van der Waals surface area contributed by atoms with Gasteiger partial charge in [0.25, 0.3) is 0 Å². The van der Waals surface area contributed by atoms with Crippen LogP contribution in [-0.4, -0.2) is 59.7 Å². The van der Waals surface area contributed by atoms with Crippen molar-refractivity contribution < 1.29 is 15.3 Å². The van der Waals surface area contributed by atoms with Crippen LogP contribution < -0.4 is 0 Å². The Morgan fingerprint density at radius 3 is 2.07 bits per heavy atom. The second-order valence-corrected chi connectivity index (χ2v) is 4.07. The maximum Gasteiger partial charge on any atom is 0.0519 e. The van der Waals surface area contributed by atoms with Crippen molar-refractivity contribution in [1.29, 1.82) is 0 Å². The van der Waals surface area contributed by atoms with Crippen molar-refractivity contribution in [3.8, 4) is 0 Å². The van der Waals surface area contributed by atoms with E-state index in [1.54, 1.807) is 0 Å². The second kappa shape index (κ2) is 7.17. The molecule has 0 aromatic carbocycles. The summed E-state index contributed by atoms with van der Waals surface area (Å²) < 4.78 is 0. The third-order valence-electron chi connectivity index (χ3n) is 2.45. The van der Waals surface area contributed by atoms with E-state index in [4.69, 9.17) is 15.3 Å². The minimum Gasteiger partial charge on any atom is -0.396 e. The number of hydrogen-bond donors (Lipinski definition) is 3. The minimum absolute atomic E-state index is 0.0148. The van der Waals surface area contributed by atoms with Gasteiger partial charge in [-0.05, 0) is 13.0 Å². The first-order valence-corrected chi connectivity index (χ1v) is 5.17. The smallest absolute Gasteiger partial charge is 0.0519 e. The molecule has 0 radical (unpaired) electrons. The van der Waals surface area contributed by atoms with Gasteiger partial charge in [-0.25, -0.2) is 0 Å². The van der Waals surface area contributed by atoms with Crippen LogP contribution >= 0.6 is 0 Å². The summed E-state index contributed by atoms with van der Waals surface area (Å²) >= 11 is 0. The maximum absolute atomic E-state index is 9.12. The van der Waals surface area contributed by atoms with Crippen molar-refractivity contribution >= 4 is 0 Å². The molecular formula is C10H23NO3. The Morgan fingerprint density at radius 2 is 1.71 bits per heavy atom. The van der Waals surface area contributed by atoms with Crippen LogP contribution in [0.4, 0.5) is 0 Å². The van der Waals surface area contributed by atoms with Crippen LogP contribution in [0.15, 0.2) is 0 Å². The second-order valence-electron chi connectivity index (χ2n) is 4.07. The van der Waals surface area contributed by atoms with Crippen LogP contribution in [0.1, 0.15) is 20.3 Å². The topological polar surface area (TPSA) is 63.9 Å². The molecule has 4 heteroatoms. The van der Waals surface area contributed by atoms with Crippen molar-refractivity contribution in [2.75, 3.05) is 39.5 Å². The molecule has 0 bridgehead atoms. The Morgan fingerprint density at radius 1 is 1.14 bits per heavy atom. The molecule has 3 N–H and O–H groups in total. The largest absolute Gasteiger partial charge is 0.396 e. The van der Waals surface area contributed by atoms with E-state index in [2.05, 4.69) is 4.90 Å². The van der Waals surface area contributed by atoms with Crippen LogP contribution in [0.2, 0.25) is 0 Å². The van der Waals surface area contributed by atoms with E-state index in [1.165, 1.54) is 0 Å². The summed E-state index contributed by atoms with van der Waals surface area (Å²) in [5, 5.41) is 26.9. The highest BCUT2D eigenvalue weighted by Gasteiger charge is 2.24. The molecule has 0 rings (SSSR count). The Balaban J connectivity index is 4.00. The normalized spacial score (nSPS) is 12.4. The van der Waals surface area contributed by atoms with Crippen LogP contribution in [0.3, 0.4) is 0 Å². The van der Waals surface area contributed by atoms with Gasteiger partial charge in [0.1, 0.15) is 0 Å². The minimum atomic E-state index is -0.439. The van der Waals surface area contributed by atoms with Gasteiger partial charge in [0, 0.05) is 25.1 Å². The number of hydrogen-bond acceptors (Lipinski definition) is 4. The van der Waals surface area contributed by atoms with Gasteiger partial charge < -0.3 is 20.2 Å². The predicted octanol–water partition coefficient (Wildman–Crippen LogP) is -0.318. The van der Waals surface area contributed by atoms with E-state index < -0.39 is 5.41 Å². The molecule has 0 aromatic rings. The molecule has 0 saturated heterocycles. The van der Waals surface area contributed by atoms with E-state index in [1.807, 2.05) is 13.8 Å². The fourth-order valence-electron chi connectivity index (χ4n) is 1.33. The fraction of sp³-hybridized carbons (Fsp3) is 1.00. The lowest BCUT2D eigenvalue weighted by Gasteiger charge is -2.32. The summed E-state index contributed by atoms with van der Waals surface area (Å²) in [7, 11) is 0. The predicted molar refractivity (Wildman–Crippen MR) is 56.1 cm³/mol. The first-order chi connectivity index (χ1) is 6.61. The number of rotatable bonds is 8. The van der Waals surface area contributed by atoms with Gasteiger partial charge in [-0.15, -0.1) is 0 Å². The van der Waals surface area contributed by atoms with E-state index in [9.17, 15) is 0 Å². The SMILES string of the molecule is CCN(CCCO)CC(C)(CO)CO. The molecule has 0 atom stereocenters. The lowest BCUT2D eigenvalue weighted by molar-refractivity contribution is 0.0350. The zero-order valence-corrected chi connectivity index (χ0v) is 9.24. The Kier molecular flexibility index (Phi) is 7.09. The molecule has 0 aliphatic carbocycles. The van der Waals surface area contributed by atoms with Gasteiger partial charge in [-0.2, -0.15) is 0 Å². The first-order valence-electron chi connectivity index (χ1n) is 5.17. The van der Waals surface area contributed by atoms with Crippen LogP contribution in [0, 0.1) is 5.41 Å². The molecular weight excluding hydrogens is 182 g/mol. The molecule has 86 valence electrons. The highest BCUT2D eigenvalue weighted by atomic mass is 16.3.